The Morgan fingerprint density at radius 1 is 1.20 bits per heavy atom. The van der Waals surface area contributed by atoms with Gasteiger partial charge in [0.05, 0.1) is 0 Å². The molecule has 2 atom stereocenters. The van der Waals surface area contributed by atoms with Gasteiger partial charge in [0.25, 0.3) is 0 Å². The van der Waals surface area contributed by atoms with E-state index in [1.54, 1.807) is 7.11 Å². The minimum Gasteiger partial charge on any atom is -1.00 e. The molecule has 0 bridgehead atoms. The molecule has 0 aliphatic carbocycles. The summed E-state index contributed by atoms with van der Waals surface area (Å²) in [5.74, 6) is 1.70. The fourth-order valence-corrected chi connectivity index (χ4v) is 1.88. The van der Waals surface area contributed by atoms with Crippen LogP contribution in [0.25, 0.3) is 0 Å². The van der Waals surface area contributed by atoms with Crippen molar-refractivity contribution >= 4 is 23.1 Å². The first-order valence-electron chi connectivity index (χ1n) is 5.47. The van der Waals surface area contributed by atoms with Crippen molar-refractivity contribution in [1.82, 2.24) is 0 Å². The molecule has 0 aromatic carbocycles. The van der Waals surface area contributed by atoms with Gasteiger partial charge in [-0.3, -0.25) is 0 Å². The summed E-state index contributed by atoms with van der Waals surface area (Å²) in [6.45, 7) is 7.75. The molecule has 0 aliphatic rings. The summed E-state index contributed by atoms with van der Waals surface area (Å²) >= 11 is 0. The van der Waals surface area contributed by atoms with E-state index in [4.69, 9.17) is 4.74 Å². The van der Waals surface area contributed by atoms with Crippen LogP contribution < -0.4 is 17.0 Å². The van der Waals surface area contributed by atoms with Crippen LogP contribution in [0.15, 0.2) is 0 Å². The number of methoxy groups -OCH3 is 1. The van der Waals surface area contributed by atoms with Crippen LogP contribution in [0, 0.1) is 18.3 Å². The van der Waals surface area contributed by atoms with Gasteiger partial charge in [0.1, 0.15) is 0 Å². The number of hydrogen-bond donors (Lipinski definition) is 0. The molecule has 0 aliphatic heterocycles. The number of halogens is 1. The molecule has 3 heteroatoms. The SMILES string of the molecule is C[CH-]CC(C)CC(C)CCCOC.[Br-].[Mg+2]. The van der Waals surface area contributed by atoms with Gasteiger partial charge >= 0.3 is 23.1 Å². The summed E-state index contributed by atoms with van der Waals surface area (Å²) in [5.41, 5.74) is 0. The maximum Gasteiger partial charge on any atom is 2.00 e. The Kier molecular flexibility index (Phi) is 21.8. The molecule has 0 saturated carbocycles. The van der Waals surface area contributed by atoms with Crippen LogP contribution in [0.1, 0.15) is 46.5 Å². The van der Waals surface area contributed by atoms with Gasteiger partial charge in [-0.05, 0) is 18.8 Å². The zero-order valence-corrected chi connectivity index (χ0v) is 13.8. The quantitative estimate of drug-likeness (QED) is 0.355. The molecule has 0 aromatic heterocycles. The smallest absolute Gasteiger partial charge is 1.00 e. The van der Waals surface area contributed by atoms with Crippen LogP contribution in [-0.4, -0.2) is 36.8 Å². The van der Waals surface area contributed by atoms with E-state index < -0.39 is 0 Å². The van der Waals surface area contributed by atoms with E-state index in [2.05, 4.69) is 27.2 Å². The Bertz CT molecular complexity index is 112. The van der Waals surface area contributed by atoms with E-state index >= 15 is 0 Å². The third kappa shape index (κ3) is 15.2. The zero-order chi connectivity index (χ0) is 10.1. The molecule has 0 heterocycles. The molecule has 0 aromatic rings. The first kappa shape index (κ1) is 21.5. The fourth-order valence-electron chi connectivity index (χ4n) is 1.88. The van der Waals surface area contributed by atoms with Crippen LogP contribution in [0.5, 0.6) is 0 Å². The van der Waals surface area contributed by atoms with Gasteiger partial charge in [-0.2, -0.15) is 13.3 Å². The monoisotopic (exact) mass is 288 g/mol. The topological polar surface area (TPSA) is 9.23 Å². The first-order chi connectivity index (χ1) is 6.20. The second-order valence-electron chi connectivity index (χ2n) is 4.23. The Morgan fingerprint density at radius 2 is 1.80 bits per heavy atom. The zero-order valence-electron chi connectivity index (χ0n) is 10.8. The van der Waals surface area contributed by atoms with Crippen molar-refractivity contribution in [3.05, 3.63) is 6.42 Å². The fraction of sp³-hybridized carbons (Fsp3) is 0.917. The molecule has 15 heavy (non-hydrogen) atoms. The van der Waals surface area contributed by atoms with Crippen LogP contribution in [0.2, 0.25) is 0 Å². The van der Waals surface area contributed by atoms with E-state index in [0.717, 1.165) is 18.4 Å². The number of rotatable bonds is 8. The Hall–Kier alpha value is 1.21. The van der Waals surface area contributed by atoms with Gasteiger partial charge in [0.15, 0.2) is 0 Å². The first-order valence-corrected chi connectivity index (χ1v) is 5.47. The molecule has 0 amide bonds. The van der Waals surface area contributed by atoms with Gasteiger partial charge in [-0.1, -0.05) is 26.2 Å². The normalized spacial score (nSPS) is 13.6. The van der Waals surface area contributed by atoms with E-state index in [1.807, 2.05) is 0 Å². The summed E-state index contributed by atoms with van der Waals surface area (Å²) in [6, 6.07) is 0. The van der Waals surface area contributed by atoms with Crippen molar-refractivity contribution in [3.63, 3.8) is 0 Å². The van der Waals surface area contributed by atoms with Crippen molar-refractivity contribution in [3.8, 4) is 0 Å². The third-order valence-corrected chi connectivity index (χ3v) is 2.49. The average molecular weight is 290 g/mol. The number of ether oxygens (including phenoxy) is 1. The third-order valence-electron chi connectivity index (χ3n) is 2.49. The molecule has 0 N–H and O–H groups in total. The summed E-state index contributed by atoms with van der Waals surface area (Å²) in [5, 5.41) is 0. The molecular weight excluding hydrogens is 264 g/mol. The maximum atomic E-state index is 5.04. The predicted molar refractivity (Wildman–Crippen MR) is 64.4 cm³/mol. The van der Waals surface area contributed by atoms with Crippen molar-refractivity contribution in [1.29, 1.82) is 0 Å². The Morgan fingerprint density at radius 3 is 2.27 bits per heavy atom. The summed E-state index contributed by atoms with van der Waals surface area (Å²) in [6.07, 6.45) is 7.40. The molecule has 0 rings (SSSR count). The van der Waals surface area contributed by atoms with Crippen LogP contribution in [0.3, 0.4) is 0 Å². The van der Waals surface area contributed by atoms with Crippen molar-refractivity contribution in [2.45, 2.75) is 46.5 Å². The Labute approximate surface area is 123 Å². The number of hydrogen-bond acceptors (Lipinski definition) is 1. The summed E-state index contributed by atoms with van der Waals surface area (Å²) < 4.78 is 5.04. The summed E-state index contributed by atoms with van der Waals surface area (Å²) in [4.78, 5) is 0. The molecule has 88 valence electrons. The van der Waals surface area contributed by atoms with Crippen molar-refractivity contribution in [2.24, 2.45) is 11.8 Å². The van der Waals surface area contributed by atoms with Gasteiger partial charge in [-0.15, -0.1) is 0 Å². The molecule has 0 spiro atoms. The van der Waals surface area contributed by atoms with E-state index in [-0.39, 0.29) is 40.0 Å². The molecule has 2 unspecified atom stereocenters. The molecule has 0 saturated heterocycles. The minimum atomic E-state index is 0. The van der Waals surface area contributed by atoms with Crippen LogP contribution >= 0.6 is 0 Å². The second-order valence-corrected chi connectivity index (χ2v) is 4.23. The van der Waals surface area contributed by atoms with E-state index in [1.165, 1.54) is 25.7 Å². The minimum absolute atomic E-state index is 0. The van der Waals surface area contributed by atoms with E-state index in [0.29, 0.717) is 0 Å². The van der Waals surface area contributed by atoms with Crippen LogP contribution in [0.4, 0.5) is 0 Å². The molecule has 1 nitrogen and oxygen atoms in total. The van der Waals surface area contributed by atoms with E-state index in [9.17, 15) is 0 Å². The van der Waals surface area contributed by atoms with Crippen molar-refractivity contribution < 1.29 is 21.7 Å². The van der Waals surface area contributed by atoms with Crippen molar-refractivity contribution in [2.75, 3.05) is 13.7 Å². The standard InChI is InChI=1S/C12H25O.BrH.Mg/c1-5-7-11(2)10-12(3)8-6-9-13-4;;/h5,11-12H,6-10H2,1-4H3;1H;/q-1;;+2/p-1. The van der Waals surface area contributed by atoms with Gasteiger partial charge < -0.3 is 28.1 Å². The molecule has 0 fully saturated rings. The Balaban J connectivity index is -0.000000720. The summed E-state index contributed by atoms with van der Waals surface area (Å²) in [7, 11) is 1.78. The van der Waals surface area contributed by atoms with Gasteiger partial charge in [0.2, 0.25) is 0 Å². The van der Waals surface area contributed by atoms with Gasteiger partial charge in [-0.25, -0.2) is 0 Å². The van der Waals surface area contributed by atoms with Crippen LogP contribution in [-0.2, 0) is 4.74 Å². The molecular formula is C12H25BrMgO. The maximum absolute atomic E-state index is 5.04. The average Bonchev–Trinajstić information content (AvgIpc) is 2.05. The largest absolute Gasteiger partial charge is 2.00 e. The molecule has 0 radical (unpaired) electrons. The second kappa shape index (κ2) is 15.2. The van der Waals surface area contributed by atoms with Gasteiger partial charge in [0, 0.05) is 13.7 Å². The predicted octanol–water partition coefficient (Wildman–Crippen LogP) is 0.313.